The summed E-state index contributed by atoms with van der Waals surface area (Å²) in [5.74, 6) is 0.958. The van der Waals surface area contributed by atoms with E-state index >= 15 is 0 Å². The standard InChI is InChI=1S/C23H17BrN2.C20H11BrN2O.C19H13BrN2.C14H9BrN2.C13H9BrN2/c1-23(2)18-9-5-3-7-15(18)16-12-11-14(13-19(16)23)21-17-8-4-6-10-20(17)25-22(24)26-21;21-20-22-16-7-3-1-6-14(16)19(23-20)12-9-10-18-15(11-12)13-5-2-4-8-17(13)24-18;20-15-12-10-14(11-13-15)19-21-17-8-4-5-9-18(17)22(19)16-6-2-1-3-7-16;15-14-16-12-9-5-4-8-11(12)13(17-14)10-6-2-1-3-7-10;14-11-6-4-10(5-7-11)12-9-16-8-2-1-3-13(16)15-12/h3-13H,1-2H3;1-11H;1-13H;1-9H;1-9H. The highest BCUT2D eigenvalue weighted by Crippen LogP contribution is 2.50. The first-order chi connectivity index (χ1) is 51.3. The lowest BCUT2D eigenvalue weighted by atomic mass is 9.82. The van der Waals surface area contributed by atoms with Crippen molar-refractivity contribution in [3.05, 3.63) is 356 Å². The Labute approximate surface area is 647 Å². The van der Waals surface area contributed by atoms with Crippen LogP contribution in [0.2, 0.25) is 0 Å². The van der Waals surface area contributed by atoms with Gasteiger partial charge in [0, 0.05) is 87.2 Å². The van der Waals surface area contributed by atoms with Gasteiger partial charge in [-0.3, -0.25) is 4.57 Å². The molecule has 12 aromatic carbocycles. The van der Waals surface area contributed by atoms with Crippen LogP contribution in [0.1, 0.15) is 25.0 Å². The van der Waals surface area contributed by atoms with Gasteiger partial charge in [0.05, 0.1) is 50.4 Å². The molecule has 0 unspecified atom stereocenters. The average molecular weight is 1680 g/mol. The summed E-state index contributed by atoms with van der Waals surface area (Å²) in [6, 6.07) is 105. The highest BCUT2D eigenvalue weighted by atomic mass is 79.9. The Morgan fingerprint density at radius 1 is 0.324 bits per heavy atom. The third kappa shape index (κ3) is 14.3. The van der Waals surface area contributed by atoms with Crippen LogP contribution >= 0.6 is 79.6 Å². The molecule has 0 saturated carbocycles. The van der Waals surface area contributed by atoms with Gasteiger partial charge in [0.15, 0.2) is 14.2 Å². The van der Waals surface area contributed by atoms with E-state index in [0.29, 0.717) is 14.2 Å². The SMILES string of the molecule is Brc1ccc(-c2cn3ccccc3n2)cc1.Brc1ccc(-c2nc3ccccc3n2-c2ccccc2)cc1.Brc1nc(-c2ccc3oc4ccccc4c3c2)c2ccccc2n1.Brc1nc(-c2ccccc2)c2ccccc2n1.CC1(C)c2ccccc2-c2ccc(-c3nc(Br)nc4ccccc34)cc21. The van der Waals surface area contributed by atoms with E-state index in [1.165, 1.54) is 22.3 Å². The van der Waals surface area contributed by atoms with Crippen molar-refractivity contribution in [3.63, 3.8) is 0 Å². The zero-order chi connectivity index (χ0) is 71.5. The smallest absolute Gasteiger partial charge is 0.197 e. The lowest BCUT2D eigenvalue weighted by Crippen LogP contribution is -2.14. The van der Waals surface area contributed by atoms with Gasteiger partial charge in [0.25, 0.3) is 0 Å². The molecule has 0 amide bonds. The zero-order valence-electron chi connectivity index (χ0n) is 56.4. The van der Waals surface area contributed by atoms with Crippen molar-refractivity contribution in [2.24, 2.45) is 0 Å². The minimum Gasteiger partial charge on any atom is -0.456 e. The van der Waals surface area contributed by atoms with Crippen LogP contribution in [-0.2, 0) is 5.41 Å². The van der Waals surface area contributed by atoms with Crippen LogP contribution in [0.5, 0.6) is 0 Å². The van der Waals surface area contributed by atoms with Gasteiger partial charge in [-0.2, -0.15) is 0 Å². The summed E-state index contributed by atoms with van der Waals surface area (Å²) in [5.41, 5.74) is 23.6. The highest BCUT2D eigenvalue weighted by Gasteiger charge is 2.35. The van der Waals surface area contributed by atoms with Gasteiger partial charge in [-0.1, -0.05) is 246 Å². The molecule has 7 aromatic heterocycles. The number of furan rings is 1. The number of rotatable bonds is 6. The fourth-order valence-corrected chi connectivity index (χ4v) is 15.1. The Hall–Kier alpha value is -11.0. The van der Waals surface area contributed by atoms with Crippen molar-refractivity contribution in [1.29, 1.82) is 0 Å². The van der Waals surface area contributed by atoms with Crippen molar-refractivity contribution in [2.45, 2.75) is 19.3 Å². The van der Waals surface area contributed by atoms with Gasteiger partial charge in [0.1, 0.15) is 22.6 Å². The van der Waals surface area contributed by atoms with Gasteiger partial charge in [-0.15, -0.1) is 0 Å². The molecule has 1 aliphatic rings. The van der Waals surface area contributed by atoms with E-state index in [0.717, 1.165) is 142 Å². The molecule has 0 saturated heterocycles. The maximum Gasteiger partial charge on any atom is 0.197 e. The number of aromatic nitrogens is 10. The number of halogens is 5. The first-order valence-corrected chi connectivity index (χ1v) is 37.8. The molecule has 0 fully saturated rings. The molecule has 20 rings (SSSR count). The quantitative estimate of drug-likeness (QED) is 0.150. The largest absolute Gasteiger partial charge is 0.456 e. The molecule has 0 atom stereocenters. The predicted molar refractivity (Wildman–Crippen MR) is 445 cm³/mol. The number of pyridine rings is 1. The van der Waals surface area contributed by atoms with E-state index in [1.807, 2.05) is 181 Å². The second-order valence-corrected chi connectivity index (χ2v) is 29.3. The van der Waals surface area contributed by atoms with E-state index in [9.17, 15) is 0 Å². The van der Waals surface area contributed by atoms with E-state index in [2.05, 4.69) is 274 Å². The number of nitrogens with zero attached hydrogens (tertiary/aromatic N) is 10. The van der Waals surface area contributed by atoms with Gasteiger partial charge >= 0.3 is 0 Å². The van der Waals surface area contributed by atoms with E-state index in [4.69, 9.17) is 14.4 Å². The summed E-state index contributed by atoms with van der Waals surface area (Å²) < 4.78 is 14.1. The summed E-state index contributed by atoms with van der Waals surface area (Å²) in [6.07, 6.45) is 4.04. The van der Waals surface area contributed by atoms with Crippen LogP contribution in [-0.4, -0.2) is 48.8 Å². The number of imidazole rings is 2. The maximum atomic E-state index is 5.91. The van der Waals surface area contributed by atoms with Gasteiger partial charge in [-0.05, 0) is 179 Å². The normalized spacial score (nSPS) is 11.8. The van der Waals surface area contributed by atoms with Crippen molar-refractivity contribution < 1.29 is 4.42 Å². The van der Waals surface area contributed by atoms with Crippen LogP contribution in [0.4, 0.5) is 0 Å². The Bertz CT molecular complexity index is 6370. The Morgan fingerprint density at radius 3 is 1.41 bits per heavy atom. The van der Waals surface area contributed by atoms with Crippen LogP contribution in [0.3, 0.4) is 0 Å². The summed E-state index contributed by atoms with van der Waals surface area (Å²) >= 11 is 17.2. The van der Waals surface area contributed by atoms with E-state index in [1.54, 1.807) is 0 Å². The molecule has 1 aliphatic carbocycles. The summed E-state index contributed by atoms with van der Waals surface area (Å²) in [4.78, 5) is 36.5. The van der Waals surface area contributed by atoms with Crippen molar-refractivity contribution in [2.75, 3.05) is 0 Å². The van der Waals surface area contributed by atoms with Crippen molar-refractivity contribution in [1.82, 2.24) is 48.8 Å². The minimum absolute atomic E-state index is 0.0119. The molecule has 7 heterocycles. The van der Waals surface area contributed by atoms with E-state index in [-0.39, 0.29) is 5.41 Å². The number of fused-ring (bicyclic) bond motifs is 11. The summed E-state index contributed by atoms with van der Waals surface area (Å²) in [5, 5.41) is 5.40. The first kappa shape index (κ1) is 68.4. The third-order valence-corrected chi connectivity index (χ3v) is 20.6. The molecule has 19 aromatic rings. The molecule has 0 bridgehead atoms. The van der Waals surface area contributed by atoms with Gasteiger partial charge < -0.3 is 8.82 Å². The third-order valence-electron chi connectivity index (χ3n) is 18.5. The second kappa shape index (κ2) is 30.0. The van der Waals surface area contributed by atoms with Gasteiger partial charge in [-0.25, -0.2) is 39.9 Å². The molecule has 11 nitrogen and oxygen atoms in total. The van der Waals surface area contributed by atoms with E-state index < -0.39 is 0 Å². The predicted octanol–water partition coefficient (Wildman–Crippen LogP) is 25.6. The number of para-hydroxylation sites is 7. The Kier molecular flexibility index (Phi) is 19.6. The average Bonchev–Trinajstić information content (AvgIpc) is 1.59. The lowest BCUT2D eigenvalue weighted by Gasteiger charge is -2.22. The maximum absolute atomic E-state index is 5.91. The van der Waals surface area contributed by atoms with Crippen LogP contribution in [0.15, 0.2) is 349 Å². The van der Waals surface area contributed by atoms with Crippen molar-refractivity contribution in [3.8, 4) is 73.2 Å². The van der Waals surface area contributed by atoms with Crippen LogP contribution < -0.4 is 0 Å². The molecule has 0 radical (unpaired) electrons. The molecule has 0 aliphatic heterocycles. The number of benzene rings is 12. The lowest BCUT2D eigenvalue weighted by molar-refractivity contribution is 0.660. The molecule has 0 N–H and O–H groups in total. The summed E-state index contributed by atoms with van der Waals surface area (Å²) in [6.45, 7) is 4.60. The van der Waals surface area contributed by atoms with Crippen LogP contribution in [0, 0.1) is 0 Å². The molecular formula is C89H59Br5N10O. The topological polar surface area (TPSA) is 126 Å². The van der Waals surface area contributed by atoms with Crippen molar-refractivity contribution >= 4 is 151 Å². The first-order valence-electron chi connectivity index (χ1n) is 33.8. The second-order valence-electron chi connectivity index (χ2n) is 25.4. The zero-order valence-corrected chi connectivity index (χ0v) is 64.3. The van der Waals surface area contributed by atoms with Crippen LogP contribution in [0.25, 0.3) is 145 Å². The number of hydrogen-bond acceptors (Lipinski definition) is 9. The fraction of sp³-hybridized carbons (Fsp3) is 0.0337. The monoisotopic (exact) mass is 1680 g/mol. The Morgan fingerprint density at radius 2 is 0.790 bits per heavy atom. The molecule has 16 heteroatoms. The fourth-order valence-electron chi connectivity index (χ4n) is 13.5. The highest BCUT2D eigenvalue weighted by molar-refractivity contribution is 9.11. The Balaban J connectivity index is 0.000000102. The molecule has 506 valence electrons. The number of hydrogen-bond donors (Lipinski definition) is 0. The molecule has 0 spiro atoms. The molecule has 105 heavy (non-hydrogen) atoms. The summed E-state index contributed by atoms with van der Waals surface area (Å²) in [7, 11) is 0. The van der Waals surface area contributed by atoms with Gasteiger partial charge in [0.2, 0.25) is 0 Å². The minimum atomic E-state index is -0.0119. The molecular weight excluding hydrogens is 1620 g/mol.